The molecule has 1 unspecified atom stereocenters. The van der Waals surface area contributed by atoms with Crippen molar-refractivity contribution < 1.29 is 4.79 Å². The van der Waals surface area contributed by atoms with Crippen LogP contribution in [-0.2, 0) is 4.79 Å². The Morgan fingerprint density at radius 3 is 3.26 bits per heavy atom. The predicted octanol–water partition coefficient (Wildman–Crippen LogP) is 1.69. The van der Waals surface area contributed by atoms with Gasteiger partial charge in [0, 0.05) is 12.7 Å². The van der Waals surface area contributed by atoms with Gasteiger partial charge in [0.2, 0.25) is 5.91 Å². The highest BCUT2D eigenvalue weighted by atomic mass is 16.2. The maximum atomic E-state index is 13.0. The Hall–Kier alpha value is -1.95. The van der Waals surface area contributed by atoms with Gasteiger partial charge in [0.05, 0.1) is 11.5 Å². The second-order valence-corrected chi connectivity index (χ2v) is 6.91. The number of hydrogen-bond acceptors (Lipinski definition) is 4. The monoisotopic (exact) mass is 313 g/mol. The minimum Gasteiger partial charge on any atom is -0.346 e. The van der Waals surface area contributed by atoms with Crippen molar-refractivity contribution in [3.8, 4) is 0 Å². The van der Waals surface area contributed by atoms with E-state index in [2.05, 4.69) is 20.8 Å². The van der Waals surface area contributed by atoms with Crippen LogP contribution in [0.1, 0.15) is 44.5 Å². The number of rotatable bonds is 3. The van der Waals surface area contributed by atoms with Crippen LogP contribution < -0.4 is 10.6 Å². The van der Waals surface area contributed by atoms with Gasteiger partial charge in [-0.3, -0.25) is 9.20 Å². The molecule has 6 nitrogen and oxygen atoms in total. The fourth-order valence-electron chi connectivity index (χ4n) is 4.25. The topological polar surface area (TPSA) is 71.3 Å². The molecule has 2 fully saturated rings. The van der Waals surface area contributed by atoms with Gasteiger partial charge in [-0.15, -0.1) is 10.2 Å². The van der Waals surface area contributed by atoms with E-state index in [1.54, 1.807) is 0 Å². The number of carbonyl (C=O) groups is 1. The second kappa shape index (κ2) is 5.60. The molecule has 4 rings (SSSR count). The molecule has 2 aliphatic rings. The largest absolute Gasteiger partial charge is 0.346 e. The highest BCUT2D eigenvalue weighted by molar-refractivity contribution is 5.84. The Bertz CT molecular complexity index is 727. The van der Waals surface area contributed by atoms with Crippen molar-refractivity contribution in [3.05, 3.63) is 30.2 Å². The van der Waals surface area contributed by atoms with Gasteiger partial charge in [-0.2, -0.15) is 0 Å². The number of hydrogen-bond donors (Lipinski definition) is 2. The highest BCUT2D eigenvalue weighted by Crippen LogP contribution is 2.44. The Balaban J connectivity index is 1.56. The molecule has 0 aromatic carbocycles. The van der Waals surface area contributed by atoms with Crippen molar-refractivity contribution in [2.24, 2.45) is 11.3 Å². The molecule has 1 aliphatic carbocycles. The van der Waals surface area contributed by atoms with Gasteiger partial charge in [-0.05, 0) is 44.4 Å². The van der Waals surface area contributed by atoms with E-state index < -0.39 is 0 Å². The molecule has 1 saturated heterocycles. The zero-order valence-corrected chi connectivity index (χ0v) is 13.5. The number of nitrogens with zero attached hydrogens (tertiary/aromatic N) is 3. The lowest BCUT2D eigenvalue weighted by Gasteiger charge is -2.37. The van der Waals surface area contributed by atoms with E-state index in [9.17, 15) is 4.79 Å². The molecule has 3 heterocycles. The Morgan fingerprint density at radius 1 is 1.43 bits per heavy atom. The molecule has 6 heteroatoms. The van der Waals surface area contributed by atoms with Crippen LogP contribution in [0, 0.1) is 11.3 Å². The Kier molecular flexibility index (Phi) is 3.56. The molecule has 2 N–H and O–H groups in total. The lowest BCUT2D eigenvalue weighted by Crippen LogP contribution is -2.48. The van der Waals surface area contributed by atoms with E-state index in [0.29, 0.717) is 5.92 Å². The first-order valence-electron chi connectivity index (χ1n) is 8.52. The molecule has 2 aromatic heterocycles. The predicted molar refractivity (Wildman–Crippen MR) is 86.8 cm³/mol. The van der Waals surface area contributed by atoms with Gasteiger partial charge in [0.1, 0.15) is 0 Å². The summed E-state index contributed by atoms with van der Waals surface area (Å²) in [6.45, 7) is 3.75. The fourth-order valence-corrected chi connectivity index (χ4v) is 4.25. The third-order valence-electron chi connectivity index (χ3n) is 5.57. The van der Waals surface area contributed by atoms with Crippen molar-refractivity contribution in [2.45, 2.75) is 38.6 Å². The van der Waals surface area contributed by atoms with E-state index in [-0.39, 0.29) is 17.4 Å². The van der Waals surface area contributed by atoms with Crippen LogP contribution in [0.3, 0.4) is 0 Å². The van der Waals surface area contributed by atoms with Gasteiger partial charge in [-0.1, -0.05) is 18.9 Å². The zero-order chi connectivity index (χ0) is 15.9. The van der Waals surface area contributed by atoms with Gasteiger partial charge < -0.3 is 10.6 Å². The third kappa shape index (κ3) is 2.32. The summed E-state index contributed by atoms with van der Waals surface area (Å²) in [6, 6.07) is 5.65. The van der Waals surface area contributed by atoms with Crippen LogP contribution in [0.4, 0.5) is 0 Å². The van der Waals surface area contributed by atoms with E-state index in [0.717, 1.165) is 43.8 Å². The summed E-state index contributed by atoms with van der Waals surface area (Å²) in [7, 11) is 0. The quantitative estimate of drug-likeness (QED) is 0.904. The van der Waals surface area contributed by atoms with Crippen molar-refractivity contribution in [1.82, 2.24) is 25.2 Å². The van der Waals surface area contributed by atoms with E-state index in [1.807, 2.05) is 35.7 Å². The Morgan fingerprint density at radius 2 is 2.35 bits per heavy atom. The molecule has 1 saturated carbocycles. The molecule has 0 spiro atoms. The van der Waals surface area contributed by atoms with Crippen molar-refractivity contribution >= 4 is 11.6 Å². The highest BCUT2D eigenvalue weighted by Gasteiger charge is 2.50. The first-order chi connectivity index (χ1) is 11.2. The number of aromatic nitrogens is 3. The number of nitrogens with one attached hydrogen (secondary N) is 2. The molecule has 3 atom stereocenters. The smallest absolute Gasteiger partial charge is 0.228 e. The molecule has 1 aliphatic heterocycles. The molecule has 1 amide bonds. The lowest BCUT2D eigenvalue weighted by molar-refractivity contribution is -0.134. The van der Waals surface area contributed by atoms with Crippen LogP contribution in [0.5, 0.6) is 0 Å². The van der Waals surface area contributed by atoms with Gasteiger partial charge in [0.15, 0.2) is 11.5 Å². The number of carbonyl (C=O) groups excluding carboxylic acids is 1. The first-order valence-corrected chi connectivity index (χ1v) is 8.52. The minimum absolute atomic E-state index is 0.155. The van der Waals surface area contributed by atoms with Crippen LogP contribution in [0.15, 0.2) is 24.4 Å². The maximum absolute atomic E-state index is 13.0. The van der Waals surface area contributed by atoms with Gasteiger partial charge in [0.25, 0.3) is 0 Å². The lowest BCUT2D eigenvalue weighted by atomic mass is 9.67. The summed E-state index contributed by atoms with van der Waals surface area (Å²) in [4.78, 5) is 13.0. The van der Waals surface area contributed by atoms with Crippen molar-refractivity contribution in [3.63, 3.8) is 0 Å². The van der Waals surface area contributed by atoms with Crippen molar-refractivity contribution in [2.75, 3.05) is 13.1 Å². The molecular weight excluding hydrogens is 290 g/mol. The Labute approximate surface area is 135 Å². The zero-order valence-electron chi connectivity index (χ0n) is 13.5. The average molecular weight is 313 g/mol. The molecular formula is C17H23N5O. The summed E-state index contributed by atoms with van der Waals surface area (Å²) in [5, 5.41) is 15.1. The number of pyridine rings is 1. The maximum Gasteiger partial charge on any atom is 0.228 e. The molecule has 2 aromatic rings. The second-order valence-electron chi connectivity index (χ2n) is 6.91. The number of amides is 1. The average Bonchev–Trinajstić information content (AvgIpc) is 3.19. The van der Waals surface area contributed by atoms with Gasteiger partial charge in [-0.25, -0.2) is 0 Å². The van der Waals surface area contributed by atoms with E-state index in [1.165, 1.54) is 6.42 Å². The van der Waals surface area contributed by atoms with Crippen LogP contribution in [0.25, 0.3) is 5.65 Å². The summed E-state index contributed by atoms with van der Waals surface area (Å²) in [6.07, 6.45) is 6.47. The van der Waals surface area contributed by atoms with Gasteiger partial charge >= 0.3 is 0 Å². The fraction of sp³-hybridized carbons (Fsp3) is 0.588. The summed E-state index contributed by atoms with van der Waals surface area (Å²) in [5.74, 6) is 1.43. The van der Waals surface area contributed by atoms with Crippen LogP contribution >= 0.6 is 0 Å². The first kappa shape index (κ1) is 14.6. The number of fused-ring (bicyclic) bond motifs is 2. The van der Waals surface area contributed by atoms with E-state index >= 15 is 0 Å². The van der Waals surface area contributed by atoms with E-state index in [4.69, 9.17) is 0 Å². The summed E-state index contributed by atoms with van der Waals surface area (Å²) < 4.78 is 1.94. The SMILES string of the molecule is CC(NC(=O)[C@@]12CCCC[C@H]1CNC2)c1nnc2ccccn12. The third-order valence-corrected chi connectivity index (χ3v) is 5.57. The molecule has 0 bridgehead atoms. The molecule has 23 heavy (non-hydrogen) atoms. The standard InChI is InChI=1S/C17H23N5O/c1-12(15-21-20-14-7-3-5-9-22(14)15)19-16(23)17-8-4-2-6-13(17)10-18-11-17/h3,5,7,9,12-13,18H,2,4,6,8,10-11H2,1H3,(H,19,23)/t12?,13-,17+/m0/s1. The molecule has 0 radical (unpaired) electrons. The normalized spacial score (nSPS) is 28.5. The summed E-state index contributed by atoms with van der Waals surface area (Å²) >= 11 is 0. The summed E-state index contributed by atoms with van der Waals surface area (Å²) in [5.41, 5.74) is 0.576. The van der Waals surface area contributed by atoms with Crippen LogP contribution in [0.2, 0.25) is 0 Å². The molecule has 122 valence electrons. The van der Waals surface area contributed by atoms with Crippen molar-refractivity contribution in [1.29, 1.82) is 0 Å². The minimum atomic E-state index is -0.229. The van der Waals surface area contributed by atoms with Crippen LogP contribution in [-0.4, -0.2) is 33.6 Å².